The van der Waals surface area contributed by atoms with E-state index < -0.39 is 24.0 Å². The molecule has 2 aliphatic rings. The van der Waals surface area contributed by atoms with E-state index in [1.165, 1.54) is 56.9 Å². The average molecular weight is 435 g/mol. The Morgan fingerprint density at radius 3 is 2.16 bits per heavy atom. The van der Waals surface area contributed by atoms with Crippen molar-refractivity contribution in [1.29, 1.82) is 0 Å². The predicted molar refractivity (Wildman–Crippen MR) is 114 cm³/mol. The fourth-order valence-electron chi connectivity index (χ4n) is 5.84. The molecule has 5 heteroatoms. The third-order valence-corrected chi connectivity index (χ3v) is 7.34. The minimum absolute atomic E-state index is 0.307. The highest BCUT2D eigenvalue weighted by atomic mass is 19.3. The number of benzene rings is 2. The summed E-state index contributed by atoms with van der Waals surface area (Å²) >= 11 is 0. The summed E-state index contributed by atoms with van der Waals surface area (Å²) in [5, 5.41) is 0. The van der Waals surface area contributed by atoms with Crippen LogP contribution in [0, 0.1) is 29.4 Å². The molecule has 0 bridgehead atoms. The minimum atomic E-state index is -3.27. The molecule has 31 heavy (non-hydrogen) atoms. The van der Waals surface area contributed by atoms with Gasteiger partial charge in [-0.25, -0.2) is 8.78 Å². The van der Waals surface area contributed by atoms with Crippen LogP contribution in [0.25, 0.3) is 11.1 Å². The molecule has 0 heterocycles. The predicted octanol–water partition coefficient (Wildman–Crippen LogP) is 8.33. The Hall–Kier alpha value is -2.04. The lowest BCUT2D eigenvalue weighted by molar-refractivity contribution is -0.0546. The Labute approximate surface area is 181 Å². The molecule has 2 fully saturated rings. The molecular formula is C26H30F4O. The molecule has 0 radical (unpaired) electrons. The normalized spacial score (nSPS) is 26.0. The van der Waals surface area contributed by atoms with E-state index in [1.54, 1.807) is 0 Å². The van der Waals surface area contributed by atoms with Crippen LogP contribution in [-0.4, -0.2) is 6.61 Å². The Morgan fingerprint density at radius 1 is 0.871 bits per heavy atom. The summed E-state index contributed by atoms with van der Waals surface area (Å²) in [6.45, 7) is -0.994. The van der Waals surface area contributed by atoms with Gasteiger partial charge in [0.25, 0.3) is 0 Å². The van der Waals surface area contributed by atoms with Crippen LogP contribution in [0.4, 0.5) is 17.6 Å². The second-order valence-electron chi connectivity index (χ2n) is 9.27. The summed E-state index contributed by atoms with van der Waals surface area (Å²) in [5.41, 5.74) is 2.23. The molecule has 2 aromatic carbocycles. The first kappa shape index (κ1) is 22.2. The van der Waals surface area contributed by atoms with Gasteiger partial charge in [0.05, 0.1) is 0 Å². The van der Waals surface area contributed by atoms with Gasteiger partial charge in [-0.3, -0.25) is 0 Å². The van der Waals surface area contributed by atoms with Crippen molar-refractivity contribution in [3.05, 3.63) is 53.6 Å². The third-order valence-electron chi connectivity index (χ3n) is 7.34. The highest BCUT2D eigenvalue weighted by Gasteiger charge is 2.35. The number of hydrogen-bond acceptors (Lipinski definition) is 1. The van der Waals surface area contributed by atoms with Crippen molar-refractivity contribution in [1.82, 2.24) is 0 Å². The maximum atomic E-state index is 14.1. The Bertz CT molecular complexity index is 856. The van der Waals surface area contributed by atoms with Gasteiger partial charge in [-0.15, -0.1) is 0 Å². The van der Waals surface area contributed by atoms with E-state index >= 15 is 0 Å². The third kappa shape index (κ3) is 5.07. The Balaban J connectivity index is 1.43. The lowest BCUT2D eigenvalue weighted by Crippen LogP contribution is -2.30. The van der Waals surface area contributed by atoms with Gasteiger partial charge < -0.3 is 4.74 Å². The second kappa shape index (κ2) is 9.62. The summed E-state index contributed by atoms with van der Waals surface area (Å²) in [5.74, 6) is -0.153. The van der Waals surface area contributed by atoms with Crippen molar-refractivity contribution in [3.63, 3.8) is 0 Å². The summed E-state index contributed by atoms with van der Waals surface area (Å²) < 4.78 is 56.7. The van der Waals surface area contributed by atoms with Crippen LogP contribution in [0.2, 0.25) is 0 Å². The van der Waals surface area contributed by atoms with Gasteiger partial charge in [0.1, 0.15) is 0 Å². The van der Waals surface area contributed by atoms with Gasteiger partial charge in [-0.1, -0.05) is 50.5 Å². The number of hydrogen-bond donors (Lipinski definition) is 0. The first-order valence-electron chi connectivity index (χ1n) is 11.5. The summed E-state index contributed by atoms with van der Waals surface area (Å²) in [7, 11) is 0. The van der Waals surface area contributed by atoms with Crippen molar-refractivity contribution < 1.29 is 22.3 Å². The van der Waals surface area contributed by atoms with E-state index in [0.717, 1.165) is 29.9 Å². The zero-order valence-electron chi connectivity index (χ0n) is 17.9. The van der Waals surface area contributed by atoms with Gasteiger partial charge in [-0.2, -0.15) is 8.78 Å². The summed E-state index contributed by atoms with van der Waals surface area (Å²) in [6, 6.07) is 9.89. The molecule has 2 aromatic rings. The van der Waals surface area contributed by atoms with Crippen molar-refractivity contribution in [2.24, 2.45) is 17.8 Å². The highest BCUT2D eigenvalue weighted by molar-refractivity contribution is 5.65. The minimum Gasteiger partial charge on any atom is -0.429 e. The molecule has 4 atom stereocenters. The van der Waals surface area contributed by atoms with Gasteiger partial charge in [0.2, 0.25) is 0 Å². The van der Waals surface area contributed by atoms with Crippen molar-refractivity contribution in [3.8, 4) is 16.9 Å². The number of halogens is 4. The quantitative estimate of drug-likeness (QED) is 0.415. The number of alkyl halides is 2. The first-order valence-corrected chi connectivity index (χ1v) is 11.5. The van der Waals surface area contributed by atoms with Crippen LogP contribution in [0.1, 0.15) is 69.8 Å². The zero-order chi connectivity index (χ0) is 22.0. The number of fused-ring (bicyclic) bond motifs is 1. The molecule has 1 unspecified atom stereocenters. The maximum absolute atomic E-state index is 14.1. The highest BCUT2D eigenvalue weighted by Crippen LogP contribution is 2.48. The van der Waals surface area contributed by atoms with Crippen molar-refractivity contribution in [2.75, 3.05) is 0 Å². The average Bonchev–Trinajstić information content (AvgIpc) is 2.76. The van der Waals surface area contributed by atoms with Crippen LogP contribution in [-0.2, 0) is 0 Å². The van der Waals surface area contributed by atoms with Crippen LogP contribution < -0.4 is 4.74 Å². The summed E-state index contributed by atoms with van der Waals surface area (Å²) in [6.07, 6.45) is 10.5. The largest absolute Gasteiger partial charge is 0.429 e. The van der Waals surface area contributed by atoms with Gasteiger partial charge >= 0.3 is 6.61 Å². The fourth-order valence-corrected chi connectivity index (χ4v) is 5.84. The summed E-state index contributed by atoms with van der Waals surface area (Å²) in [4.78, 5) is 0. The van der Waals surface area contributed by atoms with Crippen LogP contribution in [0.15, 0.2) is 36.4 Å². The van der Waals surface area contributed by atoms with E-state index in [-0.39, 0.29) is 0 Å². The SMILES string of the molecule is CCCC1CC[C@@H]2C[C@H](c3ccc(-c4cc(F)c(OC(F)F)c(F)c4)cc3)CC[C@@H]2C1. The van der Waals surface area contributed by atoms with E-state index in [4.69, 9.17) is 0 Å². The number of rotatable bonds is 6. The molecule has 0 aliphatic heterocycles. The van der Waals surface area contributed by atoms with Crippen molar-refractivity contribution >= 4 is 0 Å². The van der Waals surface area contributed by atoms with Crippen LogP contribution in [0.3, 0.4) is 0 Å². The van der Waals surface area contributed by atoms with Gasteiger partial charge in [0.15, 0.2) is 17.4 Å². The molecule has 2 saturated carbocycles. The molecule has 2 aliphatic carbocycles. The van der Waals surface area contributed by atoms with Crippen LogP contribution >= 0.6 is 0 Å². The molecule has 168 valence electrons. The molecular weight excluding hydrogens is 404 g/mol. The van der Waals surface area contributed by atoms with Crippen molar-refractivity contribution in [2.45, 2.75) is 70.8 Å². The molecule has 0 spiro atoms. The van der Waals surface area contributed by atoms with E-state index in [9.17, 15) is 17.6 Å². The van der Waals surface area contributed by atoms with Gasteiger partial charge in [-0.05, 0) is 84.6 Å². The van der Waals surface area contributed by atoms with E-state index in [0.29, 0.717) is 17.0 Å². The zero-order valence-corrected chi connectivity index (χ0v) is 17.9. The molecule has 0 N–H and O–H groups in total. The lowest BCUT2D eigenvalue weighted by Gasteiger charge is -2.42. The standard InChI is InChI=1S/C26H30F4O/c1-2-3-16-4-5-21-13-20(11-10-19(21)12-16)17-6-8-18(9-7-17)22-14-23(27)25(24(28)15-22)31-26(29)30/h6-9,14-16,19-21,26H,2-5,10-13H2,1H3/t16?,19-,20-,21-/m1/s1. The topological polar surface area (TPSA) is 9.23 Å². The van der Waals surface area contributed by atoms with Gasteiger partial charge in [0, 0.05) is 0 Å². The molecule has 1 nitrogen and oxygen atoms in total. The monoisotopic (exact) mass is 434 g/mol. The van der Waals surface area contributed by atoms with E-state index in [2.05, 4.69) is 11.7 Å². The Kier molecular flexibility index (Phi) is 6.88. The van der Waals surface area contributed by atoms with Crippen LogP contribution in [0.5, 0.6) is 5.75 Å². The molecule has 0 aromatic heterocycles. The molecule has 0 saturated heterocycles. The Morgan fingerprint density at radius 2 is 1.52 bits per heavy atom. The smallest absolute Gasteiger partial charge is 0.387 e. The van der Waals surface area contributed by atoms with E-state index in [1.807, 2.05) is 24.3 Å². The second-order valence-corrected chi connectivity index (χ2v) is 9.27. The maximum Gasteiger partial charge on any atom is 0.387 e. The first-order chi connectivity index (χ1) is 14.9. The molecule has 0 amide bonds. The fraction of sp³-hybridized carbons (Fsp3) is 0.538. The number of ether oxygens (including phenoxy) is 1. The lowest BCUT2D eigenvalue weighted by atomic mass is 9.63. The molecule has 4 rings (SSSR count).